The number of nitrogens with zero attached hydrogens (tertiary/aromatic N) is 1. The summed E-state index contributed by atoms with van der Waals surface area (Å²) in [4.78, 5) is 0. The number of hydrogen-bond acceptors (Lipinski definition) is 2. The van der Waals surface area contributed by atoms with Crippen LogP contribution in [0.1, 0.15) is 5.56 Å². The van der Waals surface area contributed by atoms with E-state index in [9.17, 15) is 0 Å². The van der Waals surface area contributed by atoms with Gasteiger partial charge in [-0.15, -0.1) is 0 Å². The fourth-order valence-corrected chi connectivity index (χ4v) is 2.19. The van der Waals surface area contributed by atoms with Gasteiger partial charge in [0.05, 0.1) is 18.7 Å². The largest absolute Gasteiger partial charge is 0.496 e. The molecule has 2 rings (SSSR count). The van der Waals surface area contributed by atoms with Gasteiger partial charge in [0.2, 0.25) is 0 Å². The lowest BCUT2D eigenvalue weighted by Gasteiger charge is -2.09. The van der Waals surface area contributed by atoms with Crippen LogP contribution in [0, 0.1) is 11.3 Å². The van der Waals surface area contributed by atoms with Crippen LogP contribution in [0.25, 0.3) is 11.1 Å². The highest BCUT2D eigenvalue weighted by molar-refractivity contribution is 9.10. The third-order valence-corrected chi connectivity index (χ3v) is 2.90. The summed E-state index contributed by atoms with van der Waals surface area (Å²) in [6.45, 7) is 0. The zero-order valence-electron chi connectivity index (χ0n) is 9.27. The van der Waals surface area contributed by atoms with Crippen molar-refractivity contribution >= 4 is 15.9 Å². The number of nitriles is 1. The first-order valence-corrected chi connectivity index (χ1v) is 5.88. The highest BCUT2D eigenvalue weighted by atomic mass is 79.9. The molecular formula is C14H10BrNO. The first-order chi connectivity index (χ1) is 8.24. The summed E-state index contributed by atoms with van der Waals surface area (Å²) in [6, 6.07) is 15.5. The number of ether oxygens (including phenoxy) is 1. The van der Waals surface area contributed by atoms with Crippen molar-refractivity contribution in [3.05, 3.63) is 52.5 Å². The molecule has 0 aliphatic rings. The van der Waals surface area contributed by atoms with Gasteiger partial charge in [-0.05, 0) is 29.8 Å². The molecular weight excluding hydrogens is 278 g/mol. The molecule has 0 amide bonds. The van der Waals surface area contributed by atoms with Gasteiger partial charge in [0.25, 0.3) is 0 Å². The van der Waals surface area contributed by atoms with Crippen molar-refractivity contribution in [3.63, 3.8) is 0 Å². The van der Waals surface area contributed by atoms with Crippen molar-refractivity contribution in [2.45, 2.75) is 0 Å². The van der Waals surface area contributed by atoms with Crippen molar-refractivity contribution in [2.24, 2.45) is 0 Å². The minimum Gasteiger partial charge on any atom is -0.496 e. The highest BCUT2D eigenvalue weighted by Crippen LogP contribution is 2.31. The number of rotatable bonds is 2. The molecule has 0 heterocycles. The molecule has 0 unspecified atom stereocenters. The van der Waals surface area contributed by atoms with Crippen molar-refractivity contribution in [3.8, 4) is 22.9 Å². The molecule has 0 spiro atoms. The van der Waals surface area contributed by atoms with Crippen LogP contribution >= 0.6 is 15.9 Å². The zero-order valence-corrected chi connectivity index (χ0v) is 10.9. The van der Waals surface area contributed by atoms with E-state index < -0.39 is 0 Å². The summed E-state index contributed by atoms with van der Waals surface area (Å²) in [5.74, 6) is 0.800. The van der Waals surface area contributed by atoms with Crippen LogP contribution in [-0.2, 0) is 0 Å². The first kappa shape index (κ1) is 11.7. The average Bonchev–Trinajstić information content (AvgIpc) is 2.37. The second kappa shape index (κ2) is 5.03. The van der Waals surface area contributed by atoms with Gasteiger partial charge in [0.1, 0.15) is 5.75 Å². The van der Waals surface area contributed by atoms with E-state index in [1.165, 1.54) is 0 Å². The van der Waals surface area contributed by atoms with Crippen LogP contribution in [0.4, 0.5) is 0 Å². The standard InChI is InChI=1S/C14H10BrNO/c1-17-14-5-3-2-4-13(14)11-6-10(9-16)7-12(15)8-11/h2-8H,1H3. The van der Waals surface area contributed by atoms with E-state index in [2.05, 4.69) is 22.0 Å². The number of para-hydroxylation sites is 1. The molecule has 84 valence electrons. The summed E-state index contributed by atoms with van der Waals surface area (Å²) < 4.78 is 6.20. The lowest BCUT2D eigenvalue weighted by atomic mass is 10.0. The highest BCUT2D eigenvalue weighted by Gasteiger charge is 2.06. The summed E-state index contributed by atoms with van der Waals surface area (Å²) in [5.41, 5.74) is 2.57. The lowest BCUT2D eigenvalue weighted by molar-refractivity contribution is 0.416. The smallest absolute Gasteiger partial charge is 0.126 e. The normalized spacial score (nSPS) is 9.71. The number of benzene rings is 2. The number of hydrogen-bond donors (Lipinski definition) is 0. The Bertz CT molecular complexity index is 587. The maximum atomic E-state index is 8.96. The monoisotopic (exact) mass is 287 g/mol. The third-order valence-electron chi connectivity index (χ3n) is 2.44. The minimum absolute atomic E-state index is 0.625. The van der Waals surface area contributed by atoms with Crippen molar-refractivity contribution in [1.29, 1.82) is 5.26 Å². The minimum atomic E-state index is 0.625. The molecule has 0 aliphatic heterocycles. The van der Waals surface area contributed by atoms with E-state index in [4.69, 9.17) is 10.00 Å². The Balaban J connectivity index is 2.60. The van der Waals surface area contributed by atoms with E-state index in [1.807, 2.05) is 36.4 Å². The van der Waals surface area contributed by atoms with Crippen molar-refractivity contribution < 1.29 is 4.74 Å². The molecule has 0 aromatic heterocycles. The molecule has 3 heteroatoms. The number of methoxy groups -OCH3 is 1. The second-order valence-electron chi connectivity index (χ2n) is 3.54. The first-order valence-electron chi connectivity index (χ1n) is 5.08. The van der Waals surface area contributed by atoms with Gasteiger partial charge in [0.15, 0.2) is 0 Å². The predicted molar refractivity (Wildman–Crippen MR) is 70.8 cm³/mol. The van der Waals surface area contributed by atoms with E-state index >= 15 is 0 Å². The van der Waals surface area contributed by atoms with Crippen LogP contribution in [0.15, 0.2) is 46.9 Å². The van der Waals surface area contributed by atoms with Gasteiger partial charge < -0.3 is 4.74 Å². The van der Waals surface area contributed by atoms with Crippen LogP contribution in [0.5, 0.6) is 5.75 Å². The van der Waals surface area contributed by atoms with E-state index in [0.717, 1.165) is 21.3 Å². The van der Waals surface area contributed by atoms with E-state index in [-0.39, 0.29) is 0 Å². The Morgan fingerprint density at radius 1 is 1.18 bits per heavy atom. The summed E-state index contributed by atoms with van der Waals surface area (Å²) in [6.07, 6.45) is 0. The molecule has 2 aromatic rings. The molecule has 0 bridgehead atoms. The molecule has 0 fully saturated rings. The molecule has 2 aromatic carbocycles. The van der Waals surface area contributed by atoms with Gasteiger partial charge in [0, 0.05) is 10.0 Å². The fraction of sp³-hybridized carbons (Fsp3) is 0.0714. The van der Waals surface area contributed by atoms with Gasteiger partial charge in [-0.25, -0.2) is 0 Å². The molecule has 0 radical (unpaired) electrons. The topological polar surface area (TPSA) is 33.0 Å². The molecule has 0 atom stereocenters. The Hall–Kier alpha value is -1.79. The zero-order chi connectivity index (χ0) is 12.3. The second-order valence-corrected chi connectivity index (χ2v) is 4.46. The van der Waals surface area contributed by atoms with Gasteiger partial charge in [-0.1, -0.05) is 34.1 Å². The van der Waals surface area contributed by atoms with Crippen LogP contribution < -0.4 is 4.74 Å². The fourth-order valence-electron chi connectivity index (χ4n) is 1.69. The van der Waals surface area contributed by atoms with Crippen molar-refractivity contribution in [1.82, 2.24) is 0 Å². The SMILES string of the molecule is COc1ccccc1-c1cc(Br)cc(C#N)c1. The lowest BCUT2D eigenvalue weighted by Crippen LogP contribution is -1.88. The molecule has 0 N–H and O–H groups in total. The summed E-state index contributed by atoms with van der Waals surface area (Å²) >= 11 is 3.41. The maximum absolute atomic E-state index is 8.96. The van der Waals surface area contributed by atoms with E-state index in [1.54, 1.807) is 13.2 Å². The maximum Gasteiger partial charge on any atom is 0.126 e. The molecule has 2 nitrogen and oxygen atoms in total. The van der Waals surface area contributed by atoms with Gasteiger partial charge in [-0.3, -0.25) is 0 Å². The van der Waals surface area contributed by atoms with Crippen molar-refractivity contribution in [2.75, 3.05) is 7.11 Å². The Kier molecular flexibility index (Phi) is 3.46. The van der Waals surface area contributed by atoms with Crippen LogP contribution in [0.3, 0.4) is 0 Å². The van der Waals surface area contributed by atoms with Crippen LogP contribution in [-0.4, -0.2) is 7.11 Å². The van der Waals surface area contributed by atoms with Gasteiger partial charge in [-0.2, -0.15) is 5.26 Å². The molecule has 0 saturated heterocycles. The third kappa shape index (κ3) is 2.48. The quantitative estimate of drug-likeness (QED) is 0.837. The van der Waals surface area contributed by atoms with Gasteiger partial charge >= 0.3 is 0 Å². The summed E-state index contributed by atoms with van der Waals surface area (Å²) in [5, 5.41) is 8.96. The number of halogens is 1. The Labute approximate surface area is 109 Å². The predicted octanol–water partition coefficient (Wildman–Crippen LogP) is 4.00. The Morgan fingerprint density at radius 3 is 2.65 bits per heavy atom. The molecule has 17 heavy (non-hydrogen) atoms. The summed E-state index contributed by atoms with van der Waals surface area (Å²) in [7, 11) is 1.64. The molecule has 0 aliphatic carbocycles. The molecule has 0 saturated carbocycles. The van der Waals surface area contributed by atoms with E-state index in [0.29, 0.717) is 5.56 Å². The van der Waals surface area contributed by atoms with Crippen LogP contribution in [0.2, 0.25) is 0 Å². The average molecular weight is 288 g/mol. The Morgan fingerprint density at radius 2 is 1.94 bits per heavy atom.